The Kier molecular flexibility index (Phi) is 6.25. The Morgan fingerprint density at radius 1 is 1.28 bits per heavy atom. The van der Waals surface area contributed by atoms with Gasteiger partial charge in [-0.05, 0) is 63.2 Å². The zero-order chi connectivity index (χ0) is 21.1. The highest BCUT2D eigenvalue weighted by molar-refractivity contribution is 6.30. The largest absolute Gasteiger partial charge is 0.383 e. The van der Waals surface area contributed by atoms with Crippen molar-refractivity contribution in [3.05, 3.63) is 70.4 Å². The zero-order valence-corrected chi connectivity index (χ0v) is 17.9. The summed E-state index contributed by atoms with van der Waals surface area (Å²) in [6, 6.07) is 13.6. The van der Waals surface area contributed by atoms with Crippen LogP contribution in [0.2, 0.25) is 5.02 Å². The van der Waals surface area contributed by atoms with Crippen LogP contribution in [-0.4, -0.2) is 33.7 Å². The predicted molar refractivity (Wildman–Crippen MR) is 119 cm³/mol. The minimum atomic E-state index is -0.307. The number of amides is 1. The number of anilines is 2. The first-order valence-corrected chi connectivity index (χ1v) is 9.85. The van der Waals surface area contributed by atoms with Crippen molar-refractivity contribution in [3.8, 4) is 5.69 Å². The van der Waals surface area contributed by atoms with E-state index in [1.807, 2.05) is 50.4 Å². The second kappa shape index (κ2) is 8.68. The molecule has 152 valence electrons. The lowest BCUT2D eigenvalue weighted by Gasteiger charge is -2.22. The number of halogens is 1. The highest BCUT2D eigenvalue weighted by Gasteiger charge is 2.19. The topological polar surface area (TPSA) is 76.2 Å². The number of nitrogens with zero attached hydrogens (tertiary/aromatic N) is 3. The van der Waals surface area contributed by atoms with E-state index in [0.717, 1.165) is 16.8 Å². The summed E-state index contributed by atoms with van der Waals surface area (Å²) in [6.07, 6.45) is 1.49. The third kappa shape index (κ3) is 4.60. The van der Waals surface area contributed by atoms with E-state index in [-0.39, 0.29) is 5.91 Å². The van der Waals surface area contributed by atoms with E-state index in [1.165, 1.54) is 6.20 Å². The number of nitrogen functional groups attached to an aromatic ring is 1. The molecule has 3 rings (SSSR count). The summed E-state index contributed by atoms with van der Waals surface area (Å²) in [7, 11) is 2.03. The predicted octanol–water partition coefficient (Wildman–Crippen LogP) is 4.51. The Labute approximate surface area is 176 Å². The second-order valence-electron chi connectivity index (χ2n) is 7.41. The number of hydrogen-bond donors (Lipinski definition) is 2. The van der Waals surface area contributed by atoms with E-state index in [0.29, 0.717) is 34.7 Å². The fourth-order valence-electron chi connectivity index (χ4n) is 2.98. The van der Waals surface area contributed by atoms with E-state index in [4.69, 9.17) is 17.3 Å². The van der Waals surface area contributed by atoms with Crippen LogP contribution in [-0.2, 0) is 6.54 Å². The van der Waals surface area contributed by atoms with Crippen molar-refractivity contribution in [1.29, 1.82) is 0 Å². The molecule has 0 bridgehead atoms. The van der Waals surface area contributed by atoms with Gasteiger partial charge in [0.15, 0.2) is 0 Å². The molecule has 0 saturated heterocycles. The number of carbonyl (C=O) groups excluding carboxylic acids is 1. The van der Waals surface area contributed by atoms with Crippen molar-refractivity contribution in [2.45, 2.75) is 33.4 Å². The molecule has 0 aliphatic heterocycles. The van der Waals surface area contributed by atoms with Crippen molar-refractivity contribution in [2.75, 3.05) is 18.1 Å². The first kappa shape index (κ1) is 20.9. The lowest BCUT2D eigenvalue weighted by molar-refractivity contribution is 0.102. The molecule has 0 saturated carbocycles. The van der Waals surface area contributed by atoms with Crippen LogP contribution in [0.15, 0.2) is 48.7 Å². The number of nitrogens with two attached hydrogens (primary N) is 1. The number of para-hydroxylation sites is 1. The molecular weight excluding hydrogens is 386 g/mol. The van der Waals surface area contributed by atoms with Crippen LogP contribution in [0, 0.1) is 6.92 Å². The molecule has 7 heteroatoms. The standard InChI is InChI=1S/C22H26ClN5O/c1-14(2)27(4)13-16-11-17(23)9-10-19(16)26-22(29)18-12-25-28(21(18)24)20-8-6-5-7-15(20)3/h5-12,14H,13,24H2,1-4H3,(H,26,29). The number of nitrogens with one attached hydrogen (secondary N) is 1. The highest BCUT2D eigenvalue weighted by atomic mass is 35.5. The number of hydrogen-bond acceptors (Lipinski definition) is 4. The average molecular weight is 412 g/mol. The molecule has 1 aromatic heterocycles. The van der Waals surface area contributed by atoms with Gasteiger partial charge in [0.1, 0.15) is 11.4 Å². The minimum absolute atomic E-state index is 0.298. The molecule has 0 atom stereocenters. The van der Waals surface area contributed by atoms with Crippen LogP contribution in [0.4, 0.5) is 11.5 Å². The van der Waals surface area contributed by atoms with Crippen LogP contribution >= 0.6 is 11.6 Å². The van der Waals surface area contributed by atoms with Crippen LogP contribution in [0.1, 0.15) is 35.3 Å². The number of aromatic nitrogens is 2. The molecule has 0 spiro atoms. The summed E-state index contributed by atoms with van der Waals surface area (Å²) in [5, 5.41) is 7.91. The third-order valence-electron chi connectivity index (χ3n) is 5.01. The highest BCUT2D eigenvalue weighted by Crippen LogP contribution is 2.25. The van der Waals surface area contributed by atoms with Crippen LogP contribution in [0.5, 0.6) is 0 Å². The maximum Gasteiger partial charge on any atom is 0.261 e. The summed E-state index contributed by atoms with van der Waals surface area (Å²) in [6.45, 7) is 6.86. The average Bonchev–Trinajstić information content (AvgIpc) is 3.05. The molecule has 0 aliphatic rings. The summed E-state index contributed by atoms with van der Waals surface area (Å²) in [5.74, 6) is -0.00952. The number of aryl methyl sites for hydroxylation is 1. The van der Waals surface area contributed by atoms with Gasteiger partial charge in [-0.3, -0.25) is 9.69 Å². The van der Waals surface area contributed by atoms with Gasteiger partial charge in [0.25, 0.3) is 5.91 Å². The molecule has 0 fully saturated rings. The third-order valence-corrected chi connectivity index (χ3v) is 5.25. The smallest absolute Gasteiger partial charge is 0.261 e. The molecular formula is C22H26ClN5O. The van der Waals surface area contributed by atoms with Crippen molar-refractivity contribution in [3.63, 3.8) is 0 Å². The maximum absolute atomic E-state index is 12.9. The van der Waals surface area contributed by atoms with Crippen LogP contribution in [0.25, 0.3) is 5.69 Å². The van der Waals surface area contributed by atoms with Crippen molar-refractivity contribution in [1.82, 2.24) is 14.7 Å². The zero-order valence-electron chi connectivity index (χ0n) is 17.1. The van der Waals surface area contributed by atoms with Gasteiger partial charge in [-0.25, -0.2) is 4.68 Å². The number of benzene rings is 2. The Hall–Kier alpha value is -2.83. The van der Waals surface area contributed by atoms with Gasteiger partial charge < -0.3 is 11.1 Å². The molecule has 2 aromatic carbocycles. The van der Waals surface area contributed by atoms with Crippen molar-refractivity contribution >= 4 is 29.0 Å². The lowest BCUT2D eigenvalue weighted by atomic mass is 10.1. The first-order valence-electron chi connectivity index (χ1n) is 9.47. The molecule has 29 heavy (non-hydrogen) atoms. The fraction of sp³-hybridized carbons (Fsp3) is 0.273. The Bertz CT molecular complexity index is 1030. The summed E-state index contributed by atoms with van der Waals surface area (Å²) in [4.78, 5) is 15.1. The van der Waals surface area contributed by atoms with E-state index >= 15 is 0 Å². The molecule has 1 heterocycles. The van der Waals surface area contributed by atoms with Gasteiger partial charge in [0, 0.05) is 23.3 Å². The Morgan fingerprint density at radius 2 is 2.00 bits per heavy atom. The van der Waals surface area contributed by atoms with E-state index in [1.54, 1.807) is 10.7 Å². The molecule has 0 unspecified atom stereocenters. The van der Waals surface area contributed by atoms with Gasteiger partial charge >= 0.3 is 0 Å². The van der Waals surface area contributed by atoms with Gasteiger partial charge in [0.05, 0.1) is 11.9 Å². The molecule has 6 nitrogen and oxygen atoms in total. The summed E-state index contributed by atoms with van der Waals surface area (Å²) >= 11 is 6.18. The van der Waals surface area contributed by atoms with E-state index in [9.17, 15) is 4.79 Å². The number of rotatable bonds is 6. The SMILES string of the molecule is Cc1ccccc1-n1ncc(C(=O)Nc2ccc(Cl)cc2CN(C)C(C)C)c1N. The van der Waals surface area contributed by atoms with Gasteiger partial charge in [-0.15, -0.1) is 0 Å². The normalized spacial score (nSPS) is 11.3. The Balaban J connectivity index is 1.87. The van der Waals surface area contributed by atoms with Crippen molar-refractivity contribution in [2.24, 2.45) is 0 Å². The summed E-state index contributed by atoms with van der Waals surface area (Å²) < 4.78 is 1.58. The first-order chi connectivity index (χ1) is 13.8. The van der Waals surface area contributed by atoms with Crippen molar-refractivity contribution < 1.29 is 4.79 Å². The number of carbonyl (C=O) groups is 1. The fourth-order valence-corrected chi connectivity index (χ4v) is 3.18. The molecule has 0 radical (unpaired) electrons. The maximum atomic E-state index is 12.9. The summed E-state index contributed by atoms with van der Waals surface area (Å²) in [5.41, 5.74) is 10.1. The quantitative estimate of drug-likeness (QED) is 0.625. The van der Waals surface area contributed by atoms with Gasteiger partial charge in [-0.2, -0.15) is 5.10 Å². The van der Waals surface area contributed by atoms with Crippen LogP contribution < -0.4 is 11.1 Å². The monoisotopic (exact) mass is 411 g/mol. The molecule has 3 N–H and O–H groups in total. The molecule has 1 amide bonds. The van der Waals surface area contributed by atoms with Gasteiger partial charge in [-0.1, -0.05) is 29.8 Å². The lowest BCUT2D eigenvalue weighted by Crippen LogP contribution is -2.26. The van der Waals surface area contributed by atoms with Crippen LogP contribution in [0.3, 0.4) is 0 Å². The van der Waals surface area contributed by atoms with E-state index in [2.05, 4.69) is 29.2 Å². The van der Waals surface area contributed by atoms with E-state index < -0.39 is 0 Å². The molecule has 3 aromatic rings. The Morgan fingerprint density at radius 3 is 2.69 bits per heavy atom. The minimum Gasteiger partial charge on any atom is -0.383 e. The van der Waals surface area contributed by atoms with Gasteiger partial charge in [0.2, 0.25) is 0 Å². The molecule has 0 aliphatic carbocycles. The second-order valence-corrected chi connectivity index (χ2v) is 7.84.